The highest BCUT2D eigenvalue weighted by atomic mass is 32.2. The van der Waals surface area contributed by atoms with Crippen LogP contribution in [0.15, 0.2) is 92.6 Å². The Bertz CT molecular complexity index is 1590. The summed E-state index contributed by atoms with van der Waals surface area (Å²) in [5.74, 6) is 0. The highest BCUT2D eigenvalue weighted by molar-refractivity contribution is 8.07. The van der Waals surface area contributed by atoms with E-state index < -0.39 is 0 Å². The van der Waals surface area contributed by atoms with E-state index in [1.807, 2.05) is 23.5 Å². The first-order valence-electron chi connectivity index (χ1n) is 14.9. The van der Waals surface area contributed by atoms with Crippen LogP contribution in [0.5, 0.6) is 0 Å². The maximum Gasteiger partial charge on any atom is 0.116 e. The third-order valence-corrected chi connectivity index (χ3v) is 11.0. The zero-order valence-corrected chi connectivity index (χ0v) is 28.3. The van der Waals surface area contributed by atoms with Gasteiger partial charge in [0.1, 0.15) is 10.1 Å². The van der Waals surface area contributed by atoms with E-state index in [1.165, 1.54) is 76.0 Å². The van der Waals surface area contributed by atoms with Crippen molar-refractivity contribution in [1.82, 2.24) is 0 Å². The maximum atomic E-state index is 2.49. The van der Waals surface area contributed by atoms with Crippen molar-refractivity contribution in [3.05, 3.63) is 116 Å². The number of benzene rings is 4. The SMILES string of the molecule is Cc1cc2c(cc1C)N(c1ccc(C(C)(C)C)cc1)/C(=C1\Sc3cc(C)c(C)cc3N1c1ccc(C(C)(C)C)cc1)S2. The fourth-order valence-electron chi connectivity index (χ4n) is 5.59. The Kier molecular flexibility index (Phi) is 7.10. The largest absolute Gasteiger partial charge is 0.301 e. The summed E-state index contributed by atoms with van der Waals surface area (Å²) in [6.45, 7) is 22.6. The second-order valence-electron chi connectivity index (χ2n) is 13.9. The van der Waals surface area contributed by atoms with Gasteiger partial charge in [0.15, 0.2) is 0 Å². The smallest absolute Gasteiger partial charge is 0.116 e. The Hall–Kier alpha value is -3.08. The van der Waals surface area contributed by atoms with E-state index in [2.05, 4.69) is 152 Å². The van der Waals surface area contributed by atoms with Gasteiger partial charge < -0.3 is 9.80 Å². The van der Waals surface area contributed by atoms with Crippen molar-refractivity contribution in [2.45, 2.75) is 89.9 Å². The lowest BCUT2D eigenvalue weighted by molar-refractivity contribution is 0.590. The van der Waals surface area contributed by atoms with E-state index in [4.69, 9.17) is 0 Å². The molecular weight excluding hydrogens is 549 g/mol. The molecule has 0 saturated heterocycles. The highest BCUT2D eigenvalue weighted by Crippen LogP contribution is 2.59. The Morgan fingerprint density at radius 3 is 1.07 bits per heavy atom. The van der Waals surface area contributed by atoms with Gasteiger partial charge in [0.25, 0.3) is 0 Å². The van der Waals surface area contributed by atoms with Gasteiger partial charge in [-0.05, 0) is 120 Å². The van der Waals surface area contributed by atoms with Crippen LogP contribution in [-0.4, -0.2) is 0 Å². The van der Waals surface area contributed by atoms with E-state index in [0.717, 1.165) is 0 Å². The Morgan fingerprint density at radius 1 is 0.452 bits per heavy atom. The molecule has 0 amide bonds. The fourth-order valence-corrected chi connectivity index (χ4v) is 8.19. The van der Waals surface area contributed by atoms with Crippen molar-refractivity contribution in [2.24, 2.45) is 0 Å². The number of thioether (sulfide) groups is 2. The molecule has 2 aliphatic rings. The standard InChI is InChI=1S/C38H42N2S2/c1-23-19-31-33(21-25(23)3)41-35(39(31)29-15-11-27(12-16-29)37(5,6)7)36-40(30-17-13-28(14-18-30)38(8,9)10)32-20-24(2)26(4)22-34(32)42-36/h11-22H,1-10H3/b36-35+. The molecule has 2 aliphatic heterocycles. The van der Waals surface area contributed by atoms with Gasteiger partial charge in [-0.15, -0.1) is 0 Å². The third kappa shape index (κ3) is 5.07. The molecule has 42 heavy (non-hydrogen) atoms. The van der Waals surface area contributed by atoms with Gasteiger partial charge >= 0.3 is 0 Å². The molecule has 216 valence electrons. The van der Waals surface area contributed by atoms with Gasteiger partial charge in [-0.1, -0.05) is 89.3 Å². The molecule has 0 bridgehead atoms. The van der Waals surface area contributed by atoms with Gasteiger partial charge in [-0.2, -0.15) is 0 Å². The van der Waals surface area contributed by atoms with Crippen LogP contribution in [0.1, 0.15) is 74.9 Å². The molecule has 0 N–H and O–H groups in total. The van der Waals surface area contributed by atoms with Crippen molar-refractivity contribution in [3.8, 4) is 0 Å². The fraction of sp³-hybridized carbons (Fsp3) is 0.316. The number of rotatable bonds is 2. The molecule has 0 saturated carbocycles. The summed E-state index contributed by atoms with van der Waals surface area (Å²) in [4.78, 5) is 7.60. The monoisotopic (exact) mass is 590 g/mol. The van der Waals surface area contributed by atoms with Crippen LogP contribution >= 0.6 is 23.5 Å². The first-order chi connectivity index (χ1) is 19.7. The second kappa shape index (κ2) is 10.3. The van der Waals surface area contributed by atoms with Gasteiger partial charge in [-0.25, -0.2) is 0 Å². The van der Waals surface area contributed by atoms with Crippen molar-refractivity contribution in [3.63, 3.8) is 0 Å². The summed E-state index contributed by atoms with van der Waals surface area (Å²) < 4.78 is 0. The van der Waals surface area contributed by atoms with Crippen LogP contribution in [0.4, 0.5) is 22.7 Å². The second-order valence-corrected chi connectivity index (χ2v) is 15.9. The van der Waals surface area contributed by atoms with Gasteiger partial charge in [-0.3, -0.25) is 0 Å². The third-order valence-electron chi connectivity index (χ3n) is 8.62. The highest BCUT2D eigenvalue weighted by Gasteiger charge is 2.37. The quantitative estimate of drug-likeness (QED) is 0.229. The van der Waals surface area contributed by atoms with Crippen LogP contribution in [0.25, 0.3) is 0 Å². The summed E-state index contributed by atoms with van der Waals surface area (Å²) in [5.41, 5.74) is 13.2. The Balaban J connectivity index is 1.57. The Morgan fingerprint density at radius 2 is 0.762 bits per heavy atom. The van der Waals surface area contributed by atoms with Gasteiger partial charge in [0.2, 0.25) is 0 Å². The lowest BCUT2D eigenvalue weighted by Crippen LogP contribution is -2.19. The lowest BCUT2D eigenvalue weighted by atomic mass is 9.87. The minimum Gasteiger partial charge on any atom is -0.301 e. The lowest BCUT2D eigenvalue weighted by Gasteiger charge is -2.28. The minimum atomic E-state index is 0.111. The molecule has 2 nitrogen and oxygen atoms in total. The first kappa shape index (κ1) is 29.0. The average Bonchev–Trinajstić information content (AvgIpc) is 3.46. The molecule has 6 rings (SSSR count). The molecule has 0 aliphatic carbocycles. The van der Waals surface area contributed by atoms with Crippen molar-refractivity contribution < 1.29 is 0 Å². The van der Waals surface area contributed by atoms with E-state index in [0.29, 0.717) is 0 Å². The van der Waals surface area contributed by atoms with Crippen LogP contribution in [-0.2, 0) is 10.8 Å². The van der Waals surface area contributed by atoms with Crippen LogP contribution in [0.2, 0.25) is 0 Å². The summed E-state index contributed by atoms with van der Waals surface area (Å²) >= 11 is 3.79. The Labute approximate surface area is 261 Å². The summed E-state index contributed by atoms with van der Waals surface area (Å²) in [6, 6.07) is 27.9. The number of hydrogen-bond donors (Lipinski definition) is 0. The zero-order valence-electron chi connectivity index (χ0n) is 26.6. The molecule has 4 aromatic carbocycles. The molecule has 0 fully saturated rings. The van der Waals surface area contributed by atoms with E-state index >= 15 is 0 Å². The maximum absolute atomic E-state index is 2.49. The summed E-state index contributed by atoms with van der Waals surface area (Å²) in [5, 5.41) is 2.52. The van der Waals surface area contributed by atoms with Crippen molar-refractivity contribution in [1.29, 1.82) is 0 Å². The summed E-state index contributed by atoms with van der Waals surface area (Å²) in [6.07, 6.45) is 0. The molecule has 4 aromatic rings. The van der Waals surface area contributed by atoms with Gasteiger partial charge in [0.05, 0.1) is 11.4 Å². The molecular formula is C38H42N2S2. The van der Waals surface area contributed by atoms with E-state index in [1.54, 1.807) is 0 Å². The van der Waals surface area contributed by atoms with Crippen LogP contribution in [0, 0.1) is 27.7 Å². The van der Waals surface area contributed by atoms with Crippen molar-refractivity contribution in [2.75, 3.05) is 9.80 Å². The number of nitrogens with zero attached hydrogens (tertiary/aromatic N) is 2. The molecule has 4 heteroatoms. The number of anilines is 4. The van der Waals surface area contributed by atoms with Crippen LogP contribution < -0.4 is 9.80 Å². The van der Waals surface area contributed by atoms with Gasteiger partial charge in [0, 0.05) is 21.2 Å². The van der Waals surface area contributed by atoms with E-state index in [9.17, 15) is 0 Å². The average molecular weight is 591 g/mol. The topological polar surface area (TPSA) is 6.48 Å². The molecule has 0 unspecified atom stereocenters. The zero-order chi connectivity index (χ0) is 30.1. The molecule has 2 heterocycles. The number of aryl methyl sites for hydroxylation is 4. The minimum absolute atomic E-state index is 0.111. The molecule has 0 radical (unpaired) electrons. The normalized spacial score (nSPS) is 16.7. The predicted octanol–water partition coefficient (Wildman–Crippen LogP) is 11.8. The predicted molar refractivity (Wildman–Crippen MR) is 185 cm³/mol. The van der Waals surface area contributed by atoms with E-state index in [-0.39, 0.29) is 10.8 Å². The molecule has 0 atom stereocenters. The summed E-state index contributed by atoms with van der Waals surface area (Å²) in [7, 11) is 0. The number of fused-ring (bicyclic) bond motifs is 2. The molecule has 0 spiro atoms. The van der Waals surface area contributed by atoms with Crippen molar-refractivity contribution >= 4 is 46.3 Å². The molecule has 0 aromatic heterocycles. The van der Waals surface area contributed by atoms with Crippen LogP contribution in [0.3, 0.4) is 0 Å². The first-order valence-corrected chi connectivity index (χ1v) is 16.5. The number of hydrogen-bond acceptors (Lipinski definition) is 4.